The number of nitrogens with two attached hydrogens (primary N) is 1. The summed E-state index contributed by atoms with van der Waals surface area (Å²) in [5.74, 6) is -0.277. The molecular weight excluding hydrogens is 236 g/mol. The summed E-state index contributed by atoms with van der Waals surface area (Å²) in [5, 5.41) is 2.61. The van der Waals surface area contributed by atoms with Gasteiger partial charge in [0.25, 0.3) is 0 Å². The average Bonchev–Trinajstić information content (AvgIpc) is 2.02. The third-order valence-electron chi connectivity index (χ3n) is 1.51. The van der Waals surface area contributed by atoms with Gasteiger partial charge in [0, 0.05) is 13.0 Å². The molecule has 1 atom stereocenters. The van der Waals surface area contributed by atoms with Crippen molar-refractivity contribution in [2.45, 2.75) is 25.1 Å². The number of hydrogen-bond donors (Lipinski definition) is 2. The van der Waals surface area contributed by atoms with Gasteiger partial charge in [0.2, 0.25) is 11.8 Å². The second-order valence-corrected chi connectivity index (χ2v) is 4.14. The lowest BCUT2D eigenvalue weighted by molar-refractivity contribution is -0.121. The predicted octanol–water partition coefficient (Wildman–Crippen LogP) is 0.398. The van der Waals surface area contributed by atoms with Crippen molar-refractivity contribution in [3.8, 4) is 0 Å². The first-order valence-corrected chi connectivity index (χ1v) is 5.06. The highest BCUT2D eigenvalue weighted by atomic mass is 79.9. The van der Waals surface area contributed by atoms with Crippen LogP contribution < -0.4 is 11.1 Å². The van der Waals surface area contributed by atoms with Crippen molar-refractivity contribution in [2.75, 3.05) is 6.54 Å². The van der Waals surface area contributed by atoms with Crippen LogP contribution in [0.15, 0.2) is 0 Å². The minimum absolute atomic E-state index is 0.101. The predicted molar refractivity (Wildman–Crippen MR) is 54.4 cm³/mol. The van der Waals surface area contributed by atoms with Gasteiger partial charge in [-0.05, 0) is 5.92 Å². The molecule has 5 heteroatoms. The molecule has 0 aromatic heterocycles. The summed E-state index contributed by atoms with van der Waals surface area (Å²) in [6, 6.07) is 0. The number of hydrogen-bond acceptors (Lipinski definition) is 2. The van der Waals surface area contributed by atoms with Crippen molar-refractivity contribution in [3.05, 3.63) is 0 Å². The van der Waals surface area contributed by atoms with E-state index in [4.69, 9.17) is 5.73 Å². The molecule has 0 saturated carbocycles. The van der Waals surface area contributed by atoms with Crippen molar-refractivity contribution < 1.29 is 9.59 Å². The van der Waals surface area contributed by atoms with E-state index in [-0.39, 0.29) is 23.1 Å². The van der Waals surface area contributed by atoms with Crippen molar-refractivity contribution in [3.63, 3.8) is 0 Å². The van der Waals surface area contributed by atoms with E-state index in [0.717, 1.165) is 0 Å². The molecule has 0 rings (SSSR count). The van der Waals surface area contributed by atoms with Crippen LogP contribution in [0.2, 0.25) is 0 Å². The number of carbonyl (C=O) groups excluding carboxylic acids is 2. The Hall–Kier alpha value is -0.580. The number of primary amides is 1. The van der Waals surface area contributed by atoms with Crippen LogP contribution in [0.4, 0.5) is 0 Å². The lowest BCUT2D eigenvalue weighted by atomic mass is 10.1. The van der Waals surface area contributed by atoms with Gasteiger partial charge in [0.1, 0.15) is 0 Å². The number of nitrogens with one attached hydrogen (secondary N) is 1. The molecule has 0 aliphatic heterocycles. The fourth-order valence-corrected chi connectivity index (χ4v) is 0.871. The summed E-state index contributed by atoms with van der Waals surface area (Å²) >= 11 is 3.25. The molecule has 0 bridgehead atoms. The SMILES string of the molecule is CC(C)C(Br)C(=O)NCCC(N)=O. The van der Waals surface area contributed by atoms with Gasteiger partial charge in [0.05, 0.1) is 4.83 Å². The molecule has 0 fully saturated rings. The minimum atomic E-state index is -0.407. The number of amides is 2. The molecule has 0 spiro atoms. The molecule has 0 aromatic rings. The zero-order valence-corrected chi connectivity index (χ0v) is 9.43. The van der Waals surface area contributed by atoms with Crippen molar-refractivity contribution >= 4 is 27.7 Å². The Labute approximate surface area is 86.4 Å². The Kier molecular flexibility index (Phi) is 5.70. The molecule has 13 heavy (non-hydrogen) atoms. The average molecular weight is 251 g/mol. The van der Waals surface area contributed by atoms with Gasteiger partial charge >= 0.3 is 0 Å². The Balaban J connectivity index is 3.68. The van der Waals surface area contributed by atoms with Crippen LogP contribution in [0.3, 0.4) is 0 Å². The summed E-state index contributed by atoms with van der Waals surface area (Å²) in [4.78, 5) is 21.4. The molecule has 1 unspecified atom stereocenters. The van der Waals surface area contributed by atoms with Crippen LogP contribution in [0.5, 0.6) is 0 Å². The molecule has 0 aliphatic rings. The van der Waals surface area contributed by atoms with E-state index in [2.05, 4.69) is 21.2 Å². The van der Waals surface area contributed by atoms with Gasteiger partial charge in [-0.1, -0.05) is 29.8 Å². The van der Waals surface area contributed by atoms with Crippen LogP contribution in [-0.4, -0.2) is 23.2 Å². The Morgan fingerprint density at radius 2 is 2.00 bits per heavy atom. The maximum Gasteiger partial charge on any atom is 0.234 e. The number of halogens is 1. The quantitative estimate of drug-likeness (QED) is 0.694. The third-order valence-corrected chi connectivity index (χ3v) is 2.98. The Bertz CT molecular complexity index is 195. The summed E-state index contributed by atoms with van der Waals surface area (Å²) in [6.45, 7) is 4.18. The van der Waals surface area contributed by atoms with E-state index in [1.807, 2.05) is 13.8 Å². The van der Waals surface area contributed by atoms with Crippen LogP contribution in [0.25, 0.3) is 0 Å². The van der Waals surface area contributed by atoms with E-state index in [0.29, 0.717) is 6.54 Å². The van der Waals surface area contributed by atoms with Crippen molar-refractivity contribution in [2.24, 2.45) is 11.7 Å². The van der Waals surface area contributed by atoms with Crippen molar-refractivity contribution in [1.82, 2.24) is 5.32 Å². The summed E-state index contributed by atoms with van der Waals surface area (Å²) in [5.41, 5.74) is 4.91. The van der Waals surface area contributed by atoms with E-state index >= 15 is 0 Å². The first-order chi connectivity index (χ1) is 5.95. The maximum atomic E-state index is 11.3. The fourth-order valence-electron chi connectivity index (χ4n) is 0.709. The van der Waals surface area contributed by atoms with Crippen LogP contribution in [0, 0.1) is 5.92 Å². The molecule has 2 amide bonds. The zero-order valence-electron chi connectivity index (χ0n) is 7.84. The summed E-state index contributed by atoms with van der Waals surface area (Å²) < 4.78 is 0. The number of alkyl halides is 1. The van der Waals surface area contributed by atoms with Gasteiger partial charge < -0.3 is 11.1 Å². The second-order valence-electron chi connectivity index (χ2n) is 3.15. The zero-order chi connectivity index (χ0) is 10.4. The third kappa shape index (κ3) is 5.63. The van der Waals surface area contributed by atoms with Gasteiger partial charge in [-0.3, -0.25) is 9.59 Å². The molecule has 76 valence electrons. The van der Waals surface area contributed by atoms with E-state index in [1.165, 1.54) is 0 Å². The van der Waals surface area contributed by atoms with Crippen LogP contribution in [0.1, 0.15) is 20.3 Å². The second kappa shape index (κ2) is 5.96. The Morgan fingerprint density at radius 3 is 2.38 bits per heavy atom. The lowest BCUT2D eigenvalue weighted by Crippen LogP contribution is -2.35. The Morgan fingerprint density at radius 1 is 1.46 bits per heavy atom. The van der Waals surface area contributed by atoms with Crippen molar-refractivity contribution in [1.29, 1.82) is 0 Å². The highest BCUT2D eigenvalue weighted by Gasteiger charge is 2.17. The minimum Gasteiger partial charge on any atom is -0.370 e. The van der Waals surface area contributed by atoms with Gasteiger partial charge in [-0.15, -0.1) is 0 Å². The smallest absolute Gasteiger partial charge is 0.234 e. The summed E-state index contributed by atoms with van der Waals surface area (Å²) in [7, 11) is 0. The molecular formula is C8H15BrN2O2. The monoisotopic (exact) mass is 250 g/mol. The van der Waals surface area contributed by atoms with Crippen LogP contribution in [-0.2, 0) is 9.59 Å². The van der Waals surface area contributed by atoms with Gasteiger partial charge in [-0.2, -0.15) is 0 Å². The molecule has 4 nitrogen and oxygen atoms in total. The maximum absolute atomic E-state index is 11.3. The highest BCUT2D eigenvalue weighted by Crippen LogP contribution is 2.11. The number of rotatable bonds is 5. The number of carbonyl (C=O) groups is 2. The first kappa shape index (κ1) is 12.4. The van der Waals surface area contributed by atoms with Crippen LogP contribution >= 0.6 is 15.9 Å². The molecule has 0 radical (unpaired) electrons. The van der Waals surface area contributed by atoms with E-state index in [1.54, 1.807) is 0 Å². The lowest BCUT2D eigenvalue weighted by Gasteiger charge is -2.12. The van der Waals surface area contributed by atoms with E-state index in [9.17, 15) is 9.59 Å². The van der Waals surface area contributed by atoms with E-state index < -0.39 is 5.91 Å². The standard InChI is InChI=1S/C8H15BrN2O2/c1-5(2)7(9)8(13)11-4-3-6(10)12/h5,7H,3-4H2,1-2H3,(H2,10,12)(H,11,13). The molecule has 0 aliphatic carbocycles. The summed E-state index contributed by atoms with van der Waals surface area (Å²) in [6.07, 6.45) is 0.184. The molecule has 0 aromatic carbocycles. The molecule has 0 heterocycles. The fraction of sp³-hybridized carbons (Fsp3) is 0.750. The molecule has 3 N–H and O–H groups in total. The van der Waals surface area contributed by atoms with Gasteiger partial charge in [0.15, 0.2) is 0 Å². The largest absolute Gasteiger partial charge is 0.370 e. The topological polar surface area (TPSA) is 72.2 Å². The first-order valence-electron chi connectivity index (χ1n) is 4.15. The molecule has 0 saturated heterocycles. The highest BCUT2D eigenvalue weighted by molar-refractivity contribution is 9.10. The van der Waals surface area contributed by atoms with Gasteiger partial charge in [-0.25, -0.2) is 0 Å². The normalized spacial score (nSPS) is 12.6.